The van der Waals surface area contributed by atoms with Crippen LogP contribution < -0.4 is 10.2 Å². The Morgan fingerprint density at radius 1 is 1.17 bits per heavy atom. The van der Waals surface area contributed by atoms with E-state index in [2.05, 4.69) is 20.1 Å². The summed E-state index contributed by atoms with van der Waals surface area (Å²) in [5, 5.41) is 8.92. The van der Waals surface area contributed by atoms with Crippen LogP contribution in [0, 0.1) is 6.92 Å². The van der Waals surface area contributed by atoms with Crippen molar-refractivity contribution in [2.24, 2.45) is 5.10 Å². The molecule has 0 unspecified atom stereocenters. The van der Waals surface area contributed by atoms with Gasteiger partial charge in [-0.1, -0.05) is 46.4 Å². The summed E-state index contributed by atoms with van der Waals surface area (Å²) < 4.78 is 10.1. The van der Waals surface area contributed by atoms with E-state index in [1.54, 1.807) is 31.2 Å². The zero-order valence-electron chi connectivity index (χ0n) is 15.5. The van der Waals surface area contributed by atoms with Gasteiger partial charge in [-0.15, -0.1) is 16.4 Å². The van der Waals surface area contributed by atoms with E-state index in [-0.39, 0.29) is 5.91 Å². The van der Waals surface area contributed by atoms with Crippen molar-refractivity contribution in [2.45, 2.75) is 6.92 Å². The quantitative estimate of drug-likeness (QED) is 0.203. The van der Waals surface area contributed by atoms with Crippen LogP contribution in [0.2, 0.25) is 5.02 Å². The second-order valence-electron chi connectivity index (χ2n) is 6.09. The van der Waals surface area contributed by atoms with Gasteiger partial charge in [0.25, 0.3) is 5.91 Å². The molecule has 0 saturated heterocycles. The SMILES string of the molecule is Cc1nnsc1C(=O)N/N=C\c1cccc(OC(=O)c2sc3ccccc3c2Cl)c1. The third-order valence-corrected chi connectivity index (χ3v) is 6.51. The molecular weight excluding hydrogens is 444 g/mol. The number of nitrogens with one attached hydrogen (secondary N) is 1. The Labute approximate surface area is 184 Å². The molecule has 0 aliphatic rings. The maximum atomic E-state index is 12.6. The van der Waals surface area contributed by atoms with E-state index < -0.39 is 5.97 Å². The molecule has 150 valence electrons. The summed E-state index contributed by atoms with van der Waals surface area (Å²) in [5.41, 5.74) is 3.60. The topological polar surface area (TPSA) is 93.5 Å². The highest BCUT2D eigenvalue weighted by atomic mass is 35.5. The molecule has 4 rings (SSSR count). The molecule has 0 atom stereocenters. The van der Waals surface area contributed by atoms with Crippen LogP contribution in [0.5, 0.6) is 5.75 Å². The molecule has 0 fully saturated rings. The summed E-state index contributed by atoms with van der Waals surface area (Å²) in [6.07, 6.45) is 1.45. The number of benzene rings is 2. The lowest BCUT2D eigenvalue weighted by Crippen LogP contribution is -2.17. The number of fused-ring (bicyclic) bond motifs is 1. The number of amides is 1. The highest BCUT2D eigenvalue weighted by Gasteiger charge is 2.19. The normalized spacial score (nSPS) is 11.1. The molecule has 2 aromatic carbocycles. The van der Waals surface area contributed by atoms with Crippen molar-refractivity contribution in [1.82, 2.24) is 15.0 Å². The number of nitrogens with zero attached hydrogens (tertiary/aromatic N) is 3. The Hall–Kier alpha value is -3.14. The van der Waals surface area contributed by atoms with Gasteiger partial charge >= 0.3 is 5.97 Å². The third-order valence-electron chi connectivity index (χ3n) is 4.03. The van der Waals surface area contributed by atoms with Crippen LogP contribution in [0.3, 0.4) is 0 Å². The second-order valence-corrected chi connectivity index (χ2v) is 8.27. The molecular formula is C20H13ClN4O3S2. The molecule has 2 heterocycles. The van der Waals surface area contributed by atoms with Gasteiger partial charge < -0.3 is 4.74 Å². The van der Waals surface area contributed by atoms with Crippen LogP contribution in [0.25, 0.3) is 10.1 Å². The summed E-state index contributed by atoms with van der Waals surface area (Å²) in [6, 6.07) is 14.3. The number of hydrogen-bond donors (Lipinski definition) is 1. The number of ether oxygens (including phenoxy) is 1. The second kappa shape index (κ2) is 8.70. The number of rotatable bonds is 5. The van der Waals surface area contributed by atoms with Gasteiger partial charge in [0.05, 0.1) is 16.9 Å². The van der Waals surface area contributed by atoms with E-state index in [1.807, 2.05) is 24.3 Å². The summed E-state index contributed by atoms with van der Waals surface area (Å²) in [6.45, 7) is 1.70. The van der Waals surface area contributed by atoms with Gasteiger partial charge in [0.15, 0.2) is 0 Å². The number of halogens is 1. The number of thiophene rings is 1. The predicted octanol–water partition coefficient (Wildman–Crippen LogP) is 4.70. The van der Waals surface area contributed by atoms with E-state index in [4.69, 9.17) is 16.3 Å². The van der Waals surface area contributed by atoms with Crippen molar-refractivity contribution < 1.29 is 14.3 Å². The monoisotopic (exact) mass is 456 g/mol. The van der Waals surface area contributed by atoms with E-state index in [0.717, 1.165) is 21.6 Å². The number of carbonyl (C=O) groups excluding carboxylic acids is 2. The fourth-order valence-electron chi connectivity index (χ4n) is 2.61. The molecule has 0 aliphatic heterocycles. The van der Waals surface area contributed by atoms with Crippen molar-refractivity contribution in [3.63, 3.8) is 0 Å². The lowest BCUT2D eigenvalue weighted by Gasteiger charge is -2.04. The van der Waals surface area contributed by atoms with Crippen LogP contribution in [-0.4, -0.2) is 27.7 Å². The first-order valence-electron chi connectivity index (χ1n) is 8.64. The molecule has 30 heavy (non-hydrogen) atoms. The molecule has 2 aromatic heterocycles. The molecule has 1 N–H and O–H groups in total. The molecule has 4 aromatic rings. The van der Waals surface area contributed by atoms with Gasteiger partial charge in [-0.2, -0.15) is 5.10 Å². The van der Waals surface area contributed by atoms with Crippen molar-refractivity contribution in [3.05, 3.63) is 74.6 Å². The molecule has 0 spiro atoms. The van der Waals surface area contributed by atoms with Gasteiger partial charge in [-0.3, -0.25) is 4.79 Å². The first kappa shape index (κ1) is 20.1. The first-order chi connectivity index (χ1) is 14.5. The summed E-state index contributed by atoms with van der Waals surface area (Å²) in [5.74, 6) is -0.580. The van der Waals surface area contributed by atoms with Crippen molar-refractivity contribution in [1.29, 1.82) is 0 Å². The number of aryl methyl sites for hydroxylation is 1. The minimum absolute atomic E-state index is 0.339. The number of hydrogen-bond acceptors (Lipinski definition) is 8. The minimum atomic E-state index is -0.531. The van der Waals surface area contributed by atoms with Crippen LogP contribution in [0.4, 0.5) is 0 Å². The maximum absolute atomic E-state index is 12.6. The fourth-order valence-corrected chi connectivity index (χ4v) is 4.54. The lowest BCUT2D eigenvalue weighted by atomic mass is 10.2. The molecule has 0 bridgehead atoms. The zero-order valence-corrected chi connectivity index (χ0v) is 17.8. The van der Waals surface area contributed by atoms with Crippen LogP contribution in [-0.2, 0) is 0 Å². The van der Waals surface area contributed by atoms with E-state index in [9.17, 15) is 9.59 Å². The lowest BCUT2D eigenvalue weighted by molar-refractivity contribution is 0.0740. The zero-order chi connectivity index (χ0) is 21.1. The van der Waals surface area contributed by atoms with Crippen molar-refractivity contribution in [3.8, 4) is 5.75 Å². The molecule has 0 saturated carbocycles. The third kappa shape index (κ3) is 4.23. The molecule has 1 amide bonds. The highest BCUT2D eigenvalue weighted by Crippen LogP contribution is 2.35. The highest BCUT2D eigenvalue weighted by molar-refractivity contribution is 7.21. The smallest absolute Gasteiger partial charge is 0.355 e. The van der Waals surface area contributed by atoms with Gasteiger partial charge in [-0.25, -0.2) is 10.2 Å². The number of carbonyl (C=O) groups is 2. The molecule has 10 heteroatoms. The Bertz CT molecular complexity index is 1280. The predicted molar refractivity (Wildman–Crippen MR) is 118 cm³/mol. The van der Waals surface area contributed by atoms with Crippen molar-refractivity contribution >= 4 is 62.6 Å². The Kier molecular flexibility index (Phi) is 5.84. The van der Waals surface area contributed by atoms with Crippen LogP contribution in [0.15, 0.2) is 53.6 Å². The van der Waals surface area contributed by atoms with Gasteiger partial charge in [0.2, 0.25) is 0 Å². The average molecular weight is 457 g/mol. The van der Waals surface area contributed by atoms with E-state index in [1.165, 1.54) is 17.6 Å². The Morgan fingerprint density at radius 2 is 2.00 bits per heavy atom. The standard InChI is InChI=1S/C20H13ClN4O3S2/c1-11-17(30-25-23-11)19(26)24-22-10-12-5-4-6-13(9-12)28-20(27)18-16(21)14-7-2-3-8-15(14)29-18/h2-10H,1H3,(H,24,26)/b22-10-. The van der Waals surface area contributed by atoms with Crippen molar-refractivity contribution in [2.75, 3.05) is 0 Å². The minimum Gasteiger partial charge on any atom is -0.422 e. The van der Waals surface area contributed by atoms with E-state index >= 15 is 0 Å². The number of hydrazone groups is 1. The maximum Gasteiger partial charge on any atom is 0.355 e. The van der Waals surface area contributed by atoms with Gasteiger partial charge in [0.1, 0.15) is 15.5 Å². The van der Waals surface area contributed by atoms with Crippen LogP contribution >= 0.6 is 34.5 Å². The molecule has 0 aliphatic carbocycles. The summed E-state index contributed by atoms with van der Waals surface area (Å²) in [4.78, 5) is 25.3. The van der Waals surface area contributed by atoms with Crippen LogP contribution in [0.1, 0.15) is 30.6 Å². The number of aromatic nitrogens is 2. The first-order valence-corrected chi connectivity index (χ1v) is 10.6. The average Bonchev–Trinajstić information content (AvgIpc) is 3.32. The Morgan fingerprint density at radius 3 is 2.77 bits per heavy atom. The summed E-state index contributed by atoms with van der Waals surface area (Å²) in [7, 11) is 0. The number of esters is 1. The molecule has 7 nitrogen and oxygen atoms in total. The van der Waals surface area contributed by atoms with Gasteiger partial charge in [0, 0.05) is 10.1 Å². The summed E-state index contributed by atoms with van der Waals surface area (Å²) >= 11 is 8.62. The molecule has 0 radical (unpaired) electrons. The Balaban J connectivity index is 1.45. The van der Waals surface area contributed by atoms with Gasteiger partial charge in [-0.05, 0) is 42.2 Å². The fraction of sp³-hybridized carbons (Fsp3) is 0.0500. The largest absolute Gasteiger partial charge is 0.422 e. The van der Waals surface area contributed by atoms with E-state index in [0.29, 0.717) is 31.8 Å².